The lowest BCUT2D eigenvalue weighted by molar-refractivity contribution is -0.145. The van der Waals surface area contributed by atoms with E-state index in [0.29, 0.717) is 0 Å². The van der Waals surface area contributed by atoms with Crippen LogP contribution in [0.15, 0.2) is 42.1 Å². The number of esters is 1. The number of carbonyl (C=O) groups is 2. The number of carbonyl (C=O) groups excluding carboxylic acids is 2. The third kappa shape index (κ3) is 2.56. The molecule has 3 atom stereocenters. The van der Waals surface area contributed by atoms with Gasteiger partial charge in [0.2, 0.25) is 5.91 Å². The standard InChI is InChI=1S/C15H16N2O3S/c1-9-7-17-13(18)11(16)14(17)21-12(9)15(19)20-8-10-5-3-2-4-6-10/h2-7,11-12,14H,8,16H2,1H3/t11?,12?,14-/m1/s1. The number of fused-ring (bicyclic) bond motifs is 1. The molecule has 110 valence electrons. The number of amides is 1. The van der Waals surface area contributed by atoms with Crippen molar-refractivity contribution in [2.24, 2.45) is 5.73 Å². The van der Waals surface area contributed by atoms with Crippen molar-refractivity contribution in [1.82, 2.24) is 4.90 Å². The Morgan fingerprint density at radius 2 is 2.10 bits per heavy atom. The summed E-state index contributed by atoms with van der Waals surface area (Å²) in [5, 5.41) is -0.551. The lowest BCUT2D eigenvalue weighted by Crippen LogP contribution is -2.66. The molecule has 0 radical (unpaired) electrons. The normalized spacial score (nSPS) is 27.5. The van der Waals surface area contributed by atoms with E-state index >= 15 is 0 Å². The van der Waals surface area contributed by atoms with E-state index in [0.717, 1.165) is 11.1 Å². The molecular weight excluding hydrogens is 288 g/mol. The number of hydrogen-bond acceptors (Lipinski definition) is 5. The third-order valence-corrected chi connectivity index (χ3v) is 5.23. The Morgan fingerprint density at radius 3 is 2.81 bits per heavy atom. The van der Waals surface area contributed by atoms with Crippen molar-refractivity contribution < 1.29 is 14.3 Å². The van der Waals surface area contributed by atoms with E-state index in [1.807, 2.05) is 37.3 Å². The lowest BCUT2D eigenvalue weighted by atomic mass is 10.1. The SMILES string of the molecule is CC1=CN2C(=O)C(N)[C@H]2SC1C(=O)OCc1ccccc1. The summed E-state index contributed by atoms with van der Waals surface area (Å²) in [5.74, 6) is -0.383. The second-order valence-electron chi connectivity index (χ2n) is 5.14. The van der Waals surface area contributed by atoms with Gasteiger partial charge in [0, 0.05) is 6.20 Å². The summed E-state index contributed by atoms with van der Waals surface area (Å²) in [7, 11) is 0. The smallest absolute Gasteiger partial charge is 0.323 e. The van der Waals surface area contributed by atoms with E-state index < -0.39 is 11.3 Å². The summed E-state index contributed by atoms with van der Waals surface area (Å²) in [6.45, 7) is 2.08. The number of nitrogens with two attached hydrogens (primary N) is 1. The Balaban J connectivity index is 1.64. The molecule has 2 heterocycles. The summed E-state index contributed by atoms with van der Waals surface area (Å²) in [6, 6.07) is 9.02. The summed E-state index contributed by atoms with van der Waals surface area (Å²) in [6.07, 6.45) is 1.71. The summed E-state index contributed by atoms with van der Waals surface area (Å²) >= 11 is 1.38. The van der Waals surface area contributed by atoms with Crippen LogP contribution in [-0.2, 0) is 20.9 Å². The number of hydrogen-bond donors (Lipinski definition) is 1. The van der Waals surface area contributed by atoms with Crippen molar-refractivity contribution in [1.29, 1.82) is 0 Å². The number of ether oxygens (including phenoxy) is 1. The molecule has 6 heteroatoms. The molecule has 0 saturated carbocycles. The average molecular weight is 304 g/mol. The highest BCUT2D eigenvalue weighted by atomic mass is 32.2. The minimum absolute atomic E-state index is 0.0945. The molecule has 21 heavy (non-hydrogen) atoms. The van der Waals surface area contributed by atoms with Crippen LogP contribution in [0.2, 0.25) is 0 Å². The zero-order chi connectivity index (χ0) is 15.0. The molecule has 1 aromatic rings. The first-order chi connectivity index (χ1) is 10.1. The molecular formula is C15H16N2O3S. The van der Waals surface area contributed by atoms with Crippen LogP contribution < -0.4 is 5.73 Å². The molecule has 0 spiro atoms. The first-order valence-electron chi connectivity index (χ1n) is 6.70. The van der Waals surface area contributed by atoms with Crippen LogP contribution in [-0.4, -0.2) is 33.4 Å². The Bertz CT molecular complexity index is 602. The van der Waals surface area contributed by atoms with Gasteiger partial charge in [0.05, 0.1) is 0 Å². The molecule has 0 aromatic heterocycles. The summed E-state index contributed by atoms with van der Waals surface area (Å²) in [5.41, 5.74) is 7.52. The molecule has 5 nitrogen and oxygen atoms in total. The number of benzene rings is 1. The van der Waals surface area contributed by atoms with Crippen molar-refractivity contribution in [2.45, 2.75) is 30.2 Å². The van der Waals surface area contributed by atoms with Crippen LogP contribution in [0.3, 0.4) is 0 Å². The quantitative estimate of drug-likeness (QED) is 0.672. The lowest BCUT2D eigenvalue weighted by Gasteiger charge is -2.47. The zero-order valence-corrected chi connectivity index (χ0v) is 12.4. The summed E-state index contributed by atoms with van der Waals surface area (Å²) < 4.78 is 5.36. The fourth-order valence-corrected chi connectivity index (χ4v) is 3.69. The van der Waals surface area contributed by atoms with Crippen LogP contribution in [0.4, 0.5) is 0 Å². The van der Waals surface area contributed by atoms with Gasteiger partial charge in [-0.15, -0.1) is 11.8 Å². The minimum Gasteiger partial charge on any atom is -0.460 e. The van der Waals surface area contributed by atoms with Crippen LogP contribution >= 0.6 is 11.8 Å². The predicted octanol–water partition coefficient (Wildman–Crippen LogP) is 1.24. The van der Waals surface area contributed by atoms with Gasteiger partial charge in [-0.2, -0.15) is 0 Å². The highest BCUT2D eigenvalue weighted by Gasteiger charge is 2.49. The Hall–Kier alpha value is -1.79. The first kappa shape index (κ1) is 14.2. The molecule has 1 aromatic carbocycles. The maximum absolute atomic E-state index is 12.2. The number of β-lactam (4-membered cyclic amide) rings is 1. The monoisotopic (exact) mass is 304 g/mol. The van der Waals surface area contributed by atoms with E-state index in [1.54, 1.807) is 11.1 Å². The first-order valence-corrected chi connectivity index (χ1v) is 7.64. The van der Waals surface area contributed by atoms with Gasteiger partial charge in [-0.05, 0) is 18.1 Å². The second-order valence-corrected chi connectivity index (χ2v) is 6.37. The molecule has 2 aliphatic rings. The predicted molar refractivity (Wildman–Crippen MR) is 80.0 cm³/mol. The largest absolute Gasteiger partial charge is 0.460 e. The van der Waals surface area contributed by atoms with Crippen molar-refractivity contribution in [2.75, 3.05) is 0 Å². The van der Waals surface area contributed by atoms with Crippen molar-refractivity contribution >= 4 is 23.6 Å². The molecule has 0 aliphatic carbocycles. The van der Waals surface area contributed by atoms with Crippen LogP contribution in [0.1, 0.15) is 12.5 Å². The molecule has 1 fully saturated rings. The highest BCUT2D eigenvalue weighted by molar-refractivity contribution is 8.01. The number of rotatable bonds is 3. The van der Waals surface area contributed by atoms with E-state index in [1.165, 1.54) is 11.8 Å². The van der Waals surface area contributed by atoms with Gasteiger partial charge in [0.1, 0.15) is 23.3 Å². The fourth-order valence-electron chi connectivity index (χ4n) is 2.38. The van der Waals surface area contributed by atoms with Crippen LogP contribution in [0.5, 0.6) is 0 Å². The van der Waals surface area contributed by atoms with E-state index in [-0.39, 0.29) is 23.9 Å². The Kier molecular flexibility index (Phi) is 3.73. The zero-order valence-electron chi connectivity index (χ0n) is 11.6. The van der Waals surface area contributed by atoms with Gasteiger partial charge in [-0.25, -0.2) is 0 Å². The number of thioether (sulfide) groups is 1. The molecule has 2 aliphatic heterocycles. The maximum atomic E-state index is 12.2. The molecule has 3 rings (SSSR count). The highest BCUT2D eigenvalue weighted by Crippen LogP contribution is 2.39. The van der Waals surface area contributed by atoms with Gasteiger partial charge >= 0.3 is 5.97 Å². The molecule has 1 amide bonds. The average Bonchev–Trinajstić information content (AvgIpc) is 2.52. The molecule has 0 bridgehead atoms. The van der Waals surface area contributed by atoms with E-state index in [4.69, 9.17) is 10.5 Å². The topological polar surface area (TPSA) is 72.6 Å². The minimum atomic E-state index is -0.524. The van der Waals surface area contributed by atoms with Crippen molar-refractivity contribution in [3.05, 3.63) is 47.7 Å². The van der Waals surface area contributed by atoms with Gasteiger partial charge < -0.3 is 15.4 Å². The van der Waals surface area contributed by atoms with Crippen LogP contribution in [0, 0.1) is 0 Å². The van der Waals surface area contributed by atoms with Gasteiger partial charge in [-0.1, -0.05) is 30.3 Å². The Morgan fingerprint density at radius 1 is 1.38 bits per heavy atom. The van der Waals surface area contributed by atoms with Crippen molar-refractivity contribution in [3.63, 3.8) is 0 Å². The second kappa shape index (κ2) is 5.54. The van der Waals surface area contributed by atoms with Gasteiger partial charge in [0.25, 0.3) is 0 Å². The number of nitrogens with zero attached hydrogens (tertiary/aromatic N) is 1. The van der Waals surface area contributed by atoms with Crippen LogP contribution in [0.25, 0.3) is 0 Å². The summed E-state index contributed by atoms with van der Waals surface area (Å²) in [4.78, 5) is 25.4. The molecule has 2 unspecified atom stereocenters. The van der Waals surface area contributed by atoms with Crippen molar-refractivity contribution in [3.8, 4) is 0 Å². The molecule has 2 N–H and O–H groups in total. The van der Waals surface area contributed by atoms with Gasteiger partial charge in [-0.3, -0.25) is 9.59 Å². The fraction of sp³-hybridized carbons (Fsp3) is 0.333. The third-order valence-electron chi connectivity index (χ3n) is 3.59. The Labute approximate surface area is 127 Å². The van der Waals surface area contributed by atoms with Gasteiger partial charge in [0.15, 0.2) is 0 Å². The molecule has 1 saturated heterocycles. The maximum Gasteiger partial charge on any atom is 0.323 e. The van der Waals surface area contributed by atoms with E-state index in [9.17, 15) is 9.59 Å². The van der Waals surface area contributed by atoms with E-state index in [2.05, 4.69) is 0 Å².